The molecule has 1 aliphatic rings. The SMILES string of the molecule is COC(=O)[C@H]1CCc2nnnn21. The molecule has 0 bridgehead atoms. The maximum atomic E-state index is 11.1. The molecule has 12 heavy (non-hydrogen) atoms. The second kappa shape index (κ2) is 2.54. The van der Waals surface area contributed by atoms with Crippen LogP contribution < -0.4 is 0 Å². The summed E-state index contributed by atoms with van der Waals surface area (Å²) in [5.41, 5.74) is 0. The number of carbonyl (C=O) groups excluding carboxylic acids is 1. The molecule has 0 amide bonds. The quantitative estimate of drug-likeness (QED) is 0.520. The highest BCUT2D eigenvalue weighted by Gasteiger charge is 2.31. The molecule has 0 unspecified atom stereocenters. The van der Waals surface area contributed by atoms with Crippen molar-refractivity contribution in [3.05, 3.63) is 5.82 Å². The molecule has 0 N–H and O–H groups in total. The number of fused-ring (bicyclic) bond motifs is 1. The Morgan fingerprint density at radius 1 is 1.75 bits per heavy atom. The van der Waals surface area contributed by atoms with Gasteiger partial charge in [0, 0.05) is 6.42 Å². The summed E-state index contributed by atoms with van der Waals surface area (Å²) >= 11 is 0. The van der Waals surface area contributed by atoms with Crippen molar-refractivity contribution in [3.8, 4) is 0 Å². The maximum absolute atomic E-state index is 11.1. The number of hydrogen-bond acceptors (Lipinski definition) is 5. The minimum absolute atomic E-state index is 0.277. The van der Waals surface area contributed by atoms with Gasteiger partial charge in [-0.25, -0.2) is 9.48 Å². The Bertz CT molecular complexity index is 308. The third-order valence-electron chi connectivity index (χ3n) is 1.97. The molecule has 2 rings (SSSR count). The van der Waals surface area contributed by atoms with Crippen LogP contribution in [-0.2, 0) is 16.0 Å². The van der Waals surface area contributed by atoms with E-state index in [-0.39, 0.29) is 12.0 Å². The zero-order valence-electron chi connectivity index (χ0n) is 6.60. The Kier molecular flexibility index (Phi) is 1.53. The van der Waals surface area contributed by atoms with Crippen molar-refractivity contribution in [3.63, 3.8) is 0 Å². The second-order valence-electron chi connectivity index (χ2n) is 2.62. The molecule has 0 saturated carbocycles. The molecule has 1 aromatic heterocycles. The molecule has 6 nitrogen and oxygen atoms in total. The van der Waals surface area contributed by atoms with Crippen LogP contribution in [0, 0.1) is 0 Å². The first-order chi connectivity index (χ1) is 5.83. The second-order valence-corrected chi connectivity index (χ2v) is 2.62. The summed E-state index contributed by atoms with van der Waals surface area (Å²) in [6.45, 7) is 0. The molecule has 6 heteroatoms. The van der Waals surface area contributed by atoms with Crippen molar-refractivity contribution in [2.24, 2.45) is 0 Å². The number of nitrogens with zero attached hydrogens (tertiary/aromatic N) is 4. The lowest BCUT2D eigenvalue weighted by Crippen LogP contribution is -2.18. The van der Waals surface area contributed by atoms with Gasteiger partial charge in [0.05, 0.1) is 7.11 Å². The molecule has 1 aromatic rings. The number of ether oxygens (including phenoxy) is 1. The molecule has 1 atom stereocenters. The normalized spacial score (nSPS) is 20.6. The molecule has 2 heterocycles. The number of methoxy groups -OCH3 is 1. The van der Waals surface area contributed by atoms with Gasteiger partial charge in [-0.05, 0) is 16.8 Å². The molecule has 1 aliphatic heterocycles. The Morgan fingerprint density at radius 2 is 2.58 bits per heavy atom. The number of esters is 1. The molecular formula is C6H8N4O2. The van der Waals surface area contributed by atoms with Gasteiger partial charge in [-0.2, -0.15) is 0 Å². The summed E-state index contributed by atoms with van der Waals surface area (Å²) in [5.74, 6) is 0.478. The van der Waals surface area contributed by atoms with Crippen LogP contribution in [-0.4, -0.2) is 33.3 Å². The Labute approximate surface area is 68.5 Å². The lowest BCUT2D eigenvalue weighted by Gasteiger charge is -2.06. The largest absolute Gasteiger partial charge is 0.467 e. The summed E-state index contributed by atoms with van der Waals surface area (Å²) in [5, 5.41) is 10.9. The van der Waals surface area contributed by atoms with E-state index in [2.05, 4.69) is 20.3 Å². The van der Waals surface area contributed by atoms with E-state index in [1.165, 1.54) is 11.8 Å². The monoisotopic (exact) mass is 168 g/mol. The van der Waals surface area contributed by atoms with E-state index in [1.54, 1.807) is 0 Å². The molecule has 0 aromatic carbocycles. The molecule has 0 saturated heterocycles. The first-order valence-corrected chi connectivity index (χ1v) is 3.67. The van der Waals surface area contributed by atoms with Crippen LogP contribution in [0.2, 0.25) is 0 Å². The molecule has 64 valence electrons. The molecule has 0 radical (unpaired) electrons. The zero-order valence-corrected chi connectivity index (χ0v) is 6.60. The molecule has 0 fully saturated rings. The smallest absolute Gasteiger partial charge is 0.330 e. The fraction of sp³-hybridized carbons (Fsp3) is 0.667. The first kappa shape index (κ1) is 7.20. The van der Waals surface area contributed by atoms with Crippen molar-refractivity contribution in [1.29, 1.82) is 0 Å². The lowest BCUT2D eigenvalue weighted by molar-refractivity contribution is -0.144. The van der Waals surface area contributed by atoms with Crippen LogP contribution in [0.15, 0.2) is 0 Å². The van der Waals surface area contributed by atoms with Crippen molar-refractivity contribution in [2.45, 2.75) is 18.9 Å². The van der Waals surface area contributed by atoms with Crippen molar-refractivity contribution in [2.75, 3.05) is 7.11 Å². The summed E-state index contributed by atoms with van der Waals surface area (Å²) in [7, 11) is 1.37. The average Bonchev–Trinajstić information content (AvgIpc) is 2.62. The van der Waals surface area contributed by atoms with Crippen LogP contribution in [0.5, 0.6) is 0 Å². The van der Waals surface area contributed by atoms with E-state index >= 15 is 0 Å². The van der Waals surface area contributed by atoms with Gasteiger partial charge in [0.15, 0.2) is 11.9 Å². The first-order valence-electron chi connectivity index (χ1n) is 3.67. The van der Waals surface area contributed by atoms with E-state index in [0.717, 1.165) is 12.2 Å². The number of aryl methyl sites for hydroxylation is 1. The lowest BCUT2D eigenvalue weighted by atomic mass is 10.2. The Morgan fingerprint density at radius 3 is 3.33 bits per heavy atom. The van der Waals surface area contributed by atoms with Crippen LogP contribution in [0.1, 0.15) is 18.3 Å². The number of hydrogen-bond donors (Lipinski definition) is 0. The summed E-state index contributed by atoms with van der Waals surface area (Å²) in [4.78, 5) is 11.1. The fourth-order valence-electron chi connectivity index (χ4n) is 1.36. The van der Waals surface area contributed by atoms with Gasteiger partial charge in [-0.15, -0.1) is 5.10 Å². The van der Waals surface area contributed by atoms with E-state index in [0.29, 0.717) is 6.42 Å². The van der Waals surface area contributed by atoms with Gasteiger partial charge in [0.25, 0.3) is 0 Å². The Hall–Kier alpha value is -1.46. The predicted octanol–water partition coefficient (Wildman–Crippen LogP) is -0.667. The zero-order chi connectivity index (χ0) is 8.55. The average molecular weight is 168 g/mol. The minimum atomic E-state index is -0.319. The van der Waals surface area contributed by atoms with Crippen molar-refractivity contribution >= 4 is 5.97 Å². The maximum Gasteiger partial charge on any atom is 0.330 e. The van der Waals surface area contributed by atoms with Crippen LogP contribution in [0.3, 0.4) is 0 Å². The highest BCUT2D eigenvalue weighted by Crippen LogP contribution is 2.22. The van der Waals surface area contributed by atoms with Crippen LogP contribution in [0.25, 0.3) is 0 Å². The molecule has 0 spiro atoms. The third kappa shape index (κ3) is 0.876. The highest BCUT2D eigenvalue weighted by atomic mass is 16.5. The number of aromatic nitrogens is 4. The molecular weight excluding hydrogens is 160 g/mol. The van der Waals surface area contributed by atoms with E-state index in [1.807, 2.05) is 0 Å². The van der Waals surface area contributed by atoms with Crippen LogP contribution >= 0.6 is 0 Å². The van der Waals surface area contributed by atoms with Crippen molar-refractivity contribution in [1.82, 2.24) is 20.2 Å². The van der Waals surface area contributed by atoms with Gasteiger partial charge in [-0.1, -0.05) is 0 Å². The number of tetrazole rings is 1. The summed E-state index contributed by atoms with van der Waals surface area (Å²) < 4.78 is 6.12. The van der Waals surface area contributed by atoms with E-state index in [9.17, 15) is 4.79 Å². The van der Waals surface area contributed by atoms with E-state index in [4.69, 9.17) is 0 Å². The van der Waals surface area contributed by atoms with Gasteiger partial charge in [-0.3, -0.25) is 0 Å². The summed E-state index contributed by atoms with van der Waals surface area (Å²) in [6, 6.07) is -0.319. The number of rotatable bonds is 1. The highest BCUT2D eigenvalue weighted by molar-refractivity contribution is 5.74. The van der Waals surface area contributed by atoms with Gasteiger partial charge in [0.2, 0.25) is 0 Å². The van der Waals surface area contributed by atoms with Gasteiger partial charge >= 0.3 is 5.97 Å². The predicted molar refractivity (Wildman–Crippen MR) is 37.2 cm³/mol. The van der Waals surface area contributed by atoms with E-state index < -0.39 is 0 Å². The number of carbonyl (C=O) groups is 1. The Balaban J connectivity index is 2.28. The van der Waals surface area contributed by atoms with Gasteiger partial charge < -0.3 is 4.74 Å². The van der Waals surface area contributed by atoms with Crippen LogP contribution in [0.4, 0.5) is 0 Å². The topological polar surface area (TPSA) is 69.9 Å². The fourth-order valence-corrected chi connectivity index (χ4v) is 1.36. The van der Waals surface area contributed by atoms with Gasteiger partial charge in [0.1, 0.15) is 0 Å². The molecule has 0 aliphatic carbocycles. The summed E-state index contributed by atoms with van der Waals surface area (Å²) in [6.07, 6.45) is 1.46. The van der Waals surface area contributed by atoms with Crippen molar-refractivity contribution < 1.29 is 9.53 Å². The minimum Gasteiger partial charge on any atom is -0.467 e. The standard InChI is InChI=1S/C6H8N4O2/c1-12-6(11)4-2-3-5-7-8-9-10(4)5/h4H,2-3H2,1H3/t4-/m1/s1. The third-order valence-corrected chi connectivity index (χ3v) is 1.97.